The van der Waals surface area contributed by atoms with Crippen molar-refractivity contribution in [3.05, 3.63) is 34.3 Å². The van der Waals surface area contributed by atoms with Crippen molar-refractivity contribution in [3.8, 4) is 0 Å². The first-order chi connectivity index (χ1) is 12.7. The molecule has 2 heterocycles. The van der Waals surface area contributed by atoms with Crippen molar-refractivity contribution in [3.63, 3.8) is 0 Å². The van der Waals surface area contributed by atoms with E-state index < -0.39 is 35.8 Å². The Balaban J connectivity index is 2.28. The summed E-state index contributed by atoms with van der Waals surface area (Å²) < 4.78 is 31.6. The lowest BCUT2D eigenvalue weighted by atomic mass is 9.77. The molecule has 1 saturated heterocycles. The lowest BCUT2D eigenvalue weighted by Gasteiger charge is -2.32. The molecule has 0 bridgehead atoms. The van der Waals surface area contributed by atoms with Gasteiger partial charge >= 0.3 is 13.2 Å². The quantitative estimate of drug-likeness (QED) is 0.742. The van der Waals surface area contributed by atoms with Crippen LogP contribution in [0.4, 0.5) is 9.18 Å². The van der Waals surface area contributed by atoms with E-state index in [9.17, 15) is 9.18 Å². The Morgan fingerprint density at radius 3 is 2.39 bits per heavy atom. The standard InChI is InChI=1S/C19H27BClFN2O4/c1-17(2,3)26-16(25)24-10-12(8-15-14(22)9-13(21)11-23-15)20-27-18(4,5)19(6,7)28-20/h8-9,11H,10H2,1-7H3,(H,24,25). The van der Waals surface area contributed by atoms with Gasteiger partial charge in [0.15, 0.2) is 0 Å². The maximum atomic E-state index is 14.2. The number of hydrogen-bond donors (Lipinski definition) is 1. The van der Waals surface area contributed by atoms with E-state index in [1.54, 1.807) is 20.8 Å². The molecule has 9 heteroatoms. The highest BCUT2D eigenvalue weighted by atomic mass is 35.5. The molecule has 0 radical (unpaired) electrons. The predicted molar refractivity (Wildman–Crippen MR) is 108 cm³/mol. The van der Waals surface area contributed by atoms with Gasteiger partial charge in [-0.05, 0) is 66.1 Å². The third kappa shape index (κ3) is 5.69. The SMILES string of the molecule is CC(C)(C)OC(=O)NCC(=Cc1ncc(Cl)cc1F)B1OC(C)(C)C(C)(C)O1. The first-order valence-corrected chi connectivity index (χ1v) is 9.42. The second kappa shape index (κ2) is 8.01. The van der Waals surface area contributed by atoms with Gasteiger partial charge in [-0.25, -0.2) is 9.18 Å². The molecular formula is C19H27BClFN2O4. The zero-order valence-corrected chi connectivity index (χ0v) is 18.1. The number of aromatic nitrogens is 1. The average Bonchev–Trinajstić information content (AvgIpc) is 2.71. The second-order valence-electron chi connectivity index (χ2n) is 8.68. The molecule has 0 spiro atoms. The molecule has 1 amide bonds. The van der Waals surface area contributed by atoms with Crippen LogP contribution in [0, 0.1) is 5.82 Å². The van der Waals surface area contributed by atoms with Crippen LogP contribution in [0.2, 0.25) is 5.02 Å². The van der Waals surface area contributed by atoms with Gasteiger partial charge in [-0.1, -0.05) is 11.6 Å². The van der Waals surface area contributed by atoms with Crippen molar-refractivity contribution < 1.29 is 23.2 Å². The van der Waals surface area contributed by atoms with E-state index in [-0.39, 0.29) is 17.3 Å². The van der Waals surface area contributed by atoms with Crippen LogP contribution in [0.25, 0.3) is 6.08 Å². The fourth-order valence-corrected chi connectivity index (χ4v) is 2.54. The minimum Gasteiger partial charge on any atom is -0.444 e. The van der Waals surface area contributed by atoms with Gasteiger partial charge in [0.1, 0.15) is 11.4 Å². The molecule has 1 aromatic rings. The molecule has 0 aromatic carbocycles. The maximum absolute atomic E-state index is 14.2. The number of alkyl carbamates (subject to hydrolysis) is 1. The first-order valence-electron chi connectivity index (χ1n) is 9.04. The van der Waals surface area contributed by atoms with Crippen LogP contribution >= 0.6 is 11.6 Å². The van der Waals surface area contributed by atoms with Crippen molar-refractivity contribution in [1.29, 1.82) is 0 Å². The van der Waals surface area contributed by atoms with Crippen molar-refractivity contribution in [1.82, 2.24) is 10.3 Å². The van der Waals surface area contributed by atoms with E-state index in [4.69, 9.17) is 25.6 Å². The number of ether oxygens (including phenoxy) is 1. The Morgan fingerprint density at radius 2 is 1.89 bits per heavy atom. The van der Waals surface area contributed by atoms with Crippen molar-refractivity contribution >= 4 is 30.9 Å². The summed E-state index contributed by atoms with van der Waals surface area (Å²) in [5.74, 6) is -0.584. The molecule has 2 rings (SSSR count). The number of nitrogens with one attached hydrogen (secondary N) is 1. The number of carbonyl (C=O) groups is 1. The lowest BCUT2D eigenvalue weighted by Crippen LogP contribution is -2.41. The van der Waals surface area contributed by atoms with Crippen molar-refractivity contribution in [2.45, 2.75) is 65.3 Å². The van der Waals surface area contributed by atoms with E-state index in [0.29, 0.717) is 5.47 Å². The molecule has 1 aliphatic heterocycles. The van der Waals surface area contributed by atoms with Crippen LogP contribution in [0.15, 0.2) is 17.7 Å². The summed E-state index contributed by atoms with van der Waals surface area (Å²) in [6.07, 6.45) is 2.24. The third-order valence-corrected chi connectivity index (χ3v) is 4.76. The smallest absolute Gasteiger partial charge is 0.444 e. The van der Waals surface area contributed by atoms with Crippen molar-refractivity contribution in [2.75, 3.05) is 6.54 Å². The summed E-state index contributed by atoms with van der Waals surface area (Å²) in [4.78, 5) is 16.1. The van der Waals surface area contributed by atoms with Gasteiger partial charge < -0.3 is 19.4 Å². The van der Waals surface area contributed by atoms with Gasteiger partial charge in [-0.3, -0.25) is 4.98 Å². The molecule has 0 unspecified atom stereocenters. The number of carbonyl (C=O) groups excluding carboxylic acids is 1. The molecule has 0 aliphatic carbocycles. The molecule has 0 saturated carbocycles. The molecule has 154 valence electrons. The van der Waals surface area contributed by atoms with Gasteiger partial charge in [0.05, 0.1) is 21.9 Å². The van der Waals surface area contributed by atoms with Crippen molar-refractivity contribution in [2.24, 2.45) is 0 Å². The highest BCUT2D eigenvalue weighted by Crippen LogP contribution is 2.38. The Bertz CT molecular complexity index is 762. The van der Waals surface area contributed by atoms with E-state index in [1.165, 1.54) is 18.3 Å². The minimum atomic E-state index is -0.781. The van der Waals surface area contributed by atoms with Crippen LogP contribution < -0.4 is 5.32 Å². The Kier molecular flexibility index (Phi) is 6.48. The number of amides is 1. The molecular weight excluding hydrogens is 385 g/mol. The van der Waals surface area contributed by atoms with Crippen LogP contribution in [0.1, 0.15) is 54.2 Å². The Hall–Kier alpha value is -1.64. The zero-order chi connectivity index (χ0) is 21.3. The maximum Gasteiger partial charge on any atom is 0.492 e. The Morgan fingerprint density at radius 1 is 1.32 bits per heavy atom. The van der Waals surface area contributed by atoms with E-state index in [1.807, 2.05) is 27.7 Å². The number of rotatable bonds is 4. The van der Waals surface area contributed by atoms with Gasteiger partial charge in [-0.15, -0.1) is 0 Å². The average molecular weight is 413 g/mol. The third-order valence-electron chi connectivity index (χ3n) is 4.55. The molecule has 1 N–H and O–H groups in total. The zero-order valence-electron chi connectivity index (χ0n) is 17.4. The first kappa shape index (κ1) is 22.7. The molecule has 0 atom stereocenters. The fourth-order valence-electron chi connectivity index (χ4n) is 2.39. The van der Waals surface area contributed by atoms with Gasteiger partial charge in [0.2, 0.25) is 0 Å². The van der Waals surface area contributed by atoms with Gasteiger partial charge in [0, 0.05) is 12.7 Å². The van der Waals surface area contributed by atoms with Crippen LogP contribution in [0.5, 0.6) is 0 Å². The van der Waals surface area contributed by atoms with E-state index in [0.717, 1.165) is 0 Å². The highest BCUT2D eigenvalue weighted by Gasteiger charge is 2.52. The van der Waals surface area contributed by atoms with Crippen LogP contribution in [0.3, 0.4) is 0 Å². The number of halogens is 2. The second-order valence-corrected chi connectivity index (χ2v) is 9.12. The summed E-state index contributed by atoms with van der Waals surface area (Å²) in [6, 6.07) is 1.17. The number of hydrogen-bond acceptors (Lipinski definition) is 5. The normalized spacial score (nSPS) is 18.9. The largest absolute Gasteiger partial charge is 0.492 e. The number of nitrogens with zero attached hydrogens (tertiary/aromatic N) is 1. The van der Waals surface area contributed by atoms with E-state index in [2.05, 4.69) is 10.3 Å². The highest BCUT2D eigenvalue weighted by molar-refractivity contribution is 6.56. The lowest BCUT2D eigenvalue weighted by molar-refractivity contribution is 0.00578. The Labute approximate surface area is 170 Å². The van der Waals surface area contributed by atoms with Crippen LogP contribution in [-0.2, 0) is 14.0 Å². The monoisotopic (exact) mass is 412 g/mol. The topological polar surface area (TPSA) is 69.7 Å². The summed E-state index contributed by atoms with van der Waals surface area (Å²) >= 11 is 5.77. The van der Waals surface area contributed by atoms with E-state index >= 15 is 0 Å². The summed E-state index contributed by atoms with van der Waals surface area (Å²) in [6.45, 7) is 13.0. The predicted octanol–water partition coefficient (Wildman–Crippen LogP) is 4.41. The summed E-state index contributed by atoms with van der Waals surface area (Å²) in [7, 11) is -0.781. The number of pyridine rings is 1. The van der Waals surface area contributed by atoms with Gasteiger partial charge in [0.25, 0.3) is 0 Å². The molecule has 1 aromatic heterocycles. The molecule has 1 fully saturated rings. The summed E-state index contributed by atoms with van der Waals surface area (Å²) in [5.41, 5.74) is -1.25. The fraction of sp³-hybridized carbons (Fsp3) is 0.579. The van der Waals surface area contributed by atoms with Gasteiger partial charge in [-0.2, -0.15) is 0 Å². The molecule has 28 heavy (non-hydrogen) atoms. The minimum absolute atomic E-state index is 0.0372. The van der Waals surface area contributed by atoms with Crippen LogP contribution in [-0.4, -0.2) is 41.5 Å². The molecule has 6 nitrogen and oxygen atoms in total. The summed E-state index contributed by atoms with van der Waals surface area (Å²) in [5, 5.41) is 2.85. The molecule has 1 aliphatic rings.